The monoisotopic (exact) mass is 1030 g/mol. The molecule has 2 unspecified atom stereocenters. The number of rotatable bonds is 39. The van der Waals surface area contributed by atoms with Crippen molar-refractivity contribution >= 4 is 33.4 Å². The maximum absolute atomic E-state index is 12.8. The van der Waals surface area contributed by atoms with Crippen molar-refractivity contribution in [1.29, 1.82) is 0 Å². The first kappa shape index (κ1) is 62.5. The Kier molecular flexibility index (Phi) is 32.4. The number of phosphoric acid groups is 2. The molecule has 0 aromatic carbocycles. The zero-order chi connectivity index (χ0) is 51.6. The summed E-state index contributed by atoms with van der Waals surface area (Å²) >= 11 is 0. The predicted octanol–water partition coefficient (Wildman–Crippen LogP) is 7.49. The molecule has 9 atom stereocenters. The van der Waals surface area contributed by atoms with Gasteiger partial charge in [-0.05, 0) is 70.3 Å². The predicted molar refractivity (Wildman–Crippen MR) is 264 cm³/mol. The van der Waals surface area contributed by atoms with E-state index >= 15 is 0 Å². The Hall–Kier alpha value is -3.62. The lowest BCUT2D eigenvalue weighted by atomic mass is 10.1. The van der Waals surface area contributed by atoms with Crippen molar-refractivity contribution in [3.05, 3.63) is 83.5 Å². The standard InChI is InChI=1S/C48H79N3O17P2/c1-3-5-7-9-11-12-13-14-15-16-17-19-25-31-44(55)66-40(35-63-43(54)32-26-30-39(53)29-24-21-20-23-28-38(52)27-22-18-10-8-6-4-2)36-64-69(59,60)68-70(61,62)65-37-41-45(56)46(57)47(67-41)51-34-33-42(49)50-48(51)58/h12-13,18,20-24,28-29,33-34,38-41,45-47,52-53,56-57H,3-11,14-17,19,25-27,30-32,35-37H2,1-2H3,(H,59,60)(H,61,62)(H2,49,50,58)/b13-12-,21-20+,22-18-,28-23+,29-24-/t38-,39-,40-,41-,45-,46-,47-/m1/s1. The van der Waals surface area contributed by atoms with Crippen LogP contribution in [0.25, 0.3) is 0 Å². The smallest absolute Gasteiger partial charge is 0.462 e. The third kappa shape index (κ3) is 29.0. The summed E-state index contributed by atoms with van der Waals surface area (Å²) in [6.45, 7) is 1.81. The first-order valence-corrected chi connectivity index (χ1v) is 27.5. The zero-order valence-electron chi connectivity index (χ0n) is 40.8. The van der Waals surface area contributed by atoms with Gasteiger partial charge >= 0.3 is 33.3 Å². The van der Waals surface area contributed by atoms with E-state index in [4.69, 9.17) is 29.0 Å². The topological polar surface area (TPSA) is 306 Å². The van der Waals surface area contributed by atoms with Crippen molar-refractivity contribution in [3.63, 3.8) is 0 Å². The van der Waals surface area contributed by atoms with E-state index in [1.807, 2.05) is 6.08 Å². The van der Waals surface area contributed by atoms with E-state index in [2.05, 4.69) is 41.4 Å². The average molecular weight is 1030 g/mol. The van der Waals surface area contributed by atoms with Gasteiger partial charge in [0.2, 0.25) is 0 Å². The molecule has 2 rings (SSSR count). The third-order valence-electron chi connectivity index (χ3n) is 10.8. The minimum atomic E-state index is -5.48. The van der Waals surface area contributed by atoms with Crippen molar-refractivity contribution in [1.82, 2.24) is 9.55 Å². The van der Waals surface area contributed by atoms with E-state index in [1.165, 1.54) is 44.2 Å². The number of hydrogen-bond acceptors (Lipinski definition) is 17. The number of carbonyl (C=O) groups is 2. The Morgan fingerprint density at radius 2 is 1.33 bits per heavy atom. The van der Waals surface area contributed by atoms with Crippen LogP contribution >= 0.6 is 15.6 Å². The van der Waals surface area contributed by atoms with Crippen LogP contribution in [0.4, 0.5) is 5.82 Å². The lowest BCUT2D eigenvalue weighted by Gasteiger charge is -2.21. The van der Waals surface area contributed by atoms with Gasteiger partial charge in [-0.2, -0.15) is 9.29 Å². The van der Waals surface area contributed by atoms with E-state index in [0.717, 1.165) is 68.6 Å². The number of aromatic nitrogens is 2. The summed E-state index contributed by atoms with van der Waals surface area (Å²) in [5.41, 5.74) is 4.56. The molecule has 70 heavy (non-hydrogen) atoms. The fourth-order valence-electron chi connectivity index (χ4n) is 6.85. The van der Waals surface area contributed by atoms with E-state index in [1.54, 1.807) is 30.4 Å². The minimum Gasteiger partial charge on any atom is -0.462 e. The number of hydrogen-bond donors (Lipinski definition) is 7. The summed E-state index contributed by atoms with van der Waals surface area (Å²) in [4.78, 5) is 61.8. The third-order valence-corrected chi connectivity index (χ3v) is 13.4. The van der Waals surface area contributed by atoms with E-state index in [9.17, 15) is 53.7 Å². The number of unbranched alkanes of at least 4 members (excludes halogenated alkanes) is 12. The van der Waals surface area contributed by atoms with Gasteiger partial charge in [0, 0.05) is 19.0 Å². The molecule has 398 valence electrons. The summed E-state index contributed by atoms with van der Waals surface area (Å²) in [5.74, 6) is -1.57. The van der Waals surface area contributed by atoms with Crippen molar-refractivity contribution in [2.75, 3.05) is 25.6 Å². The van der Waals surface area contributed by atoms with Crippen LogP contribution in [0.2, 0.25) is 0 Å². The highest BCUT2D eigenvalue weighted by Gasteiger charge is 2.46. The molecule has 2 heterocycles. The number of phosphoric ester groups is 2. The van der Waals surface area contributed by atoms with Gasteiger partial charge in [-0.3, -0.25) is 23.2 Å². The summed E-state index contributed by atoms with van der Waals surface area (Å²) in [6.07, 6.45) is 26.5. The largest absolute Gasteiger partial charge is 0.481 e. The van der Waals surface area contributed by atoms with E-state index < -0.39 is 95.9 Å². The van der Waals surface area contributed by atoms with Gasteiger partial charge in [0.1, 0.15) is 30.7 Å². The number of aliphatic hydroxyl groups excluding tert-OH is 4. The number of anilines is 1. The van der Waals surface area contributed by atoms with Gasteiger partial charge in [-0.15, -0.1) is 0 Å². The highest BCUT2D eigenvalue weighted by atomic mass is 31.3. The molecule has 0 spiro atoms. The Bertz CT molecular complexity index is 1940. The fourth-order valence-corrected chi connectivity index (χ4v) is 8.96. The molecular formula is C48H79N3O17P2. The molecule has 1 aromatic heterocycles. The molecule has 1 aliphatic heterocycles. The van der Waals surface area contributed by atoms with Crippen molar-refractivity contribution < 1.29 is 76.5 Å². The van der Waals surface area contributed by atoms with Crippen molar-refractivity contribution in [2.24, 2.45) is 0 Å². The normalized spacial score (nSPS) is 20.7. The fraction of sp³-hybridized carbons (Fsp3) is 0.667. The molecule has 20 nitrogen and oxygen atoms in total. The second-order valence-electron chi connectivity index (χ2n) is 17.0. The number of nitrogens with two attached hydrogens (primary N) is 1. The molecule has 1 aromatic rings. The SMILES string of the molecule is CCCCC/C=C\C[C@@H](O)/C=C/C=C/C=C\[C@@H](O)CCCC(=O)OC[C@H](COP(=O)(O)OP(=O)(O)OC[C@H]1O[C@@H](n2ccc(N)nc2=O)[C@H](O)[C@@H]1O)OC(=O)CCCCCCC/C=C\CCCCCC. The van der Waals surface area contributed by atoms with Gasteiger partial charge in [-0.1, -0.05) is 126 Å². The molecule has 0 aliphatic carbocycles. The molecule has 1 saturated heterocycles. The number of allylic oxidation sites excluding steroid dienone is 7. The van der Waals surface area contributed by atoms with E-state index in [0.29, 0.717) is 12.8 Å². The average Bonchev–Trinajstić information content (AvgIpc) is 3.58. The molecule has 22 heteroatoms. The van der Waals surface area contributed by atoms with Crippen LogP contribution in [-0.4, -0.2) is 108 Å². The van der Waals surface area contributed by atoms with Crippen LogP contribution < -0.4 is 11.4 Å². The maximum atomic E-state index is 12.8. The zero-order valence-corrected chi connectivity index (χ0v) is 42.6. The summed E-state index contributed by atoms with van der Waals surface area (Å²) in [6, 6.07) is 1.23. The van der Waals surface area contributed by atoms with Crippen LogP contribution in [0, 0.1) is 0 Å². The molecule has 0 amide bonds. The highest BCUT2D eigenvalue weighted by Crippen LogP contribution is 2.60. The molecule has 1 fully saturated rings. The van der Waals surface area contributed by atoms with Crippen LogP contribution in [0.5, 0.6) is 0 Å². The molecule has 0 bridgehead atoms. The van der Waals surface area contributed by atoms with Gasteiger partial charge in [0.25, 0.3) is 0 Å². The number of nitrogen functional groups attached to an aromatic ring is 1. The van der Waals surface area contributed by atoms with Gasteiger partial charge < -0.3 is 50.2 Å². The van der Waals surface area contributed by atoms with Gasteiger partial charge in [0.05, 0.1) is 25.4 Å². The Morgan fingerprint density at radius 3 is 2.00 bits per heavy atom. The molecular weight excluding hydrogens is 952 g/mol. The molecule has 0 saturated carbocycles. The maximum Gasteiger partial charge on any atom is 0.481 e. The lowest BCUT2D eigenvalue weighted by Crippen LogP contribution is -2.36. The quantitative estimate of drug-likeness (QED) is 0.0110. The highest BCUT2D eigenvalue weighted by molar-refractivity contribution is 7.61. The molecule has 0 radical (unpaired) electrons. The first-order valence-electron chi connectivity index (χ1n) is 24.5. The summed E-state index contributed by atoms with van der Waals surface area (Å²) in [7, 11) is -10.9. The second-order valence-corrected chi connectivity index (χ2v) is 20.0. The van der Waals surface area contributed by atoms with Crippen molar-refractivity contribution in [3.8, 4) is 0 Å². The molecule has 1 aliphatic rings. The summed E-state index contributed by atoms with van der Waals surface area (Å²) < 4.78 is 56.5. The number of aliphatic hydroxyl groups is 4. The van der Waals surface area contributed by atoms with Crippen molar-refractivity contribution in [2.45, 2.75) is 185 Å². The first-order chi connectivity index (χ1) is 33.5. The van der Waals surface area contributed by atoms with Crippen LogP contribution in [0.1, 0.15) is 148 Å². The van der Waals surface area contributed by atoms with Gasteiger partial charge in [0.15, 0.2) is 12.3 Å². The minimum absolute atomic E-state index is 0.0150. The lowest BCUT2D eigenvalue weighted by molar-refractivity contribution is -0.161. The van der Waals surface area contributed by atoms with E-state index in [-0.39, 0.29) is 31.5 Å². The Balaban J connectivity index is 1.89. The number of esters is 2. The molecule has 8 N–H and O–H groups in total. The number of nitrogens with zero attached hydrogens (tertiary/aromatic N) is 2. The summed E-state index contributed by atoms with van der Waals surface area (Å²) in [5, 5.41) is 41.3. The number of carbonyl (C=O) groups excluding carboxylic acids is 2. The van der Waals surface area contributed by atoms with Crippen LogP contribution in [0.15, 0.2) is 77.8 Å². The second kappa shape index (κ2) is 36.3. The van der Waals surface area contributed by atoms with Crippen LogP contribution in [0.3, 0.4) is 0 Å². The Morgan fingerprint density at radius 1 is 0.757 bits per heavy atom. The van der Waals surface area contributed by atoms with Crippen LogP contribution in [-0.2, 0) is 46.3 Å². The van der Waals surface area contributed by atoms with Gasteiger partial charge in [-0.25, -0.2) is 13.9 Å². The number of ether oxygens (including phenoxy) is 3. The Labute approximate surface area is 412 Å².